The van der Waals surface area contributed by atoms with Crippen molar-refractivity contribution >= 4 is 29.8 Å². The molecule has 1 aliphatic rings. The highest BCUT2D eigenvalue weighted by molar-refractivity contribution is 7.98. The third kappa shape index (κ3) is 5.68. The fourth-order valence-electron chi connectivity index (χ4n) is 2.10. The molecular formula is C17H21NO8S. The van der Waals surface area contributed by atoms with Crippen molar-refractivity contribution in [2.75, 3.05) is 39.2 Å². The standard InChI is InChI=1S/C17H21NO8S/c1-11(15(19)12-4-5-13-14(8-12)24-9-23-13)18(2)16(20)25-10-26-17(21)22-6-7-27-3/h4-5,8,11H,6-7,9-10H2,1-3H3. The fraction of sp³-hybridized carbons (Fsp3) is 0.471. The summed E-state index contributed by atoms with van der Waals surface area (Å²) in [4.78, 5) is 36.9. The van der Waals surface area contributed by atoms with Crippen molar-refractivity contribution in [3.05, 3.63) is 23.8 Å². The van der Waals surface area contributed by atoms with Crippen molar-refractivity contribution in [1.29, 1.82) is 0 Å². The number of ether oxygens (including phenoxy) is 5. The van der Waals surface area contributed by atoms with Crippen molar-refractivity contribution in [1.82, 2.24) is 4.90 Å². The molecule has 0 fully saturated rings. The maximum atomic E-state index is 12.6. The highest BCUT2D eigenvalue weighted by atomic mass is 32.2. The molecule has 2 rings (SSSR count). The summed E-state index contributed by atoms with van der Waals surface area (Å²) in [6.07, 6.45) is 0.135. The smallest absolute Gasteiger partial charge is 0.454 e. The van der Waals surface area contributed by atoms with E-state index in [1.807, 2.05) is 6.26 Å². The van der Waals surface area contributed by atoms with Gasteiger partial charge in [0.25, 0.3) is 0 Å². The van der Waals surface area contributed by atoms with Crippen molar-refractivity contribution in [3.8, 4) is 11.5 Å². The lowest BCUT2D eigenvalue weighted by molar-refractivity contribution is -0.0225. The van der Waals surface area contributed by atoms with Crippen molar-refractivity contribution in [2.24, 2.45) is 0 Å². The third-order valence-electron chi connectivity index (χ3n) is 3.77. The molecule has 0 aromatic heterocycles. The van der Waals surface area contributed by atoms with Crippen LogP contribution in [0.1, 0.15) is 17.3 Å². The van der Waals surface area contributed by atoms with Gasteiger partial charge in [-0.15, -0.1) is 0 Å². The minimum absolute atomic E-state index is 0.106. The molecule has 148 valence electrons. The van der Waals surface area contributed by atoms with Crippen LogP contribution in [0.5, 0.6) is 11.5 Å². The highest BCUT2D eigenvalue weighted by Gasteiger charge is 2.26. The lowest BCUT2D eigenvalue weighted by Gasteiger charge is -2.23. The Morgan fingerprint density at radius 3 is 2.67 bits per heavy atom. The van der Waals surface area contributed by atoms with E-state index in [4.69, 9.17) is 18.9 Å². The lowest BCUT2D eigenvalue weighted by Crippen LogP contribution is -2.41. The first-order valence-corrected chi connectivity index (χ1v) is 9.45. The van der Waals surface area contributed by atoms with Gasteiger partial charge in [-0.2, -0.15) is 11.8 Å². The second-order valence-corrected chi connectivity index (χ2v) is 6.47. The Bertz CT molecular complexity index is 696. The van der Waals surface area contributed by atoms with E-state index in [0.717, 1.165) is 4.90 Å². The summed E-state index contributed by atoms with van der Waals surface area (Å²) in [5, 5.41) is 0. The number of nitrogens with zero attached hydrogens (tertiary/aromatic N) is 1. The number of amides is 1. The number of rotatable bonds is 8. The number of Topliss-reactive ketones (excluding diaryl/α,β-unsaturated/α-hetero) is 1. The normalized spacial score (nSPS) is 12.9. The number of thioether (sulfide) groups is 1. The summed E-state index contributed by atoms with van der Waals surface area (Å²) in [5.41, 5.74) is 0.375. The van der Waals surface area contributed by atoms with Crippen LogP contribution in [0.3, 0.4) is 0 Å². The molecule has 1 amide bonds. The van der Waals surface area contributed by atoms with E-state index in [9.17, 15) is 14.4 Å². The van der Waals surface area contributed by atoms with Gasteiger partial charge in [0, 0.05) is 18.4 Å². The highest BCUT2D eigenvalue weighted by Crippen LogP contribution is 2.32. The van der Waals surface area contributed by atoms with Gasteiger partial charge >= 0.3 is 12.2 Å². The lowest BCUT2D eigenvalue weighted by atomic mass is 10.0. The second-order valence-electron chi connectivity index (χ2n) is 5.48. The minimum atomic E-state index is -0.927. The summed E-state index contributed by atoms with van der Waals surface area (Å²) in [6.45, 7) is 1.27. The molecule has 1 aromatic carbocycles. The Kier molecular flexibility index (Phi) is 7.59. The summed E-state index contributed by atoms with van der Waals surface area (Å²) < 4.78 is 24.6. The fourth-order valence-corrected chi connectivity index (χ4v) is 2.35. The Balaban J connectivity index is 1.81. The number of fused-ring (bicyclic) bond motifs is 1. The predicted octanol–water partition coefficient (Wildman–Crippen LogP) is 2.53. The van der Waals surface area contributed by atoms with E-state index < -0.39 is 25.1 Å². The zero-order chi connectivity index (χ0) is 19.8. The molecule has 0 saturated heterocycles. The topological polar surface area (TPSA) is 101 Å². The van der Waals surface area contributed by atoms with Gasteiger partial charge in [-0.3, -0.25) is 4.79 Å². The third-order valence-corrected chi connectivity index (χ3v) is 4.35. The number of likely N-dealkylation sites (N-methyl/N-ethyl adjacent to an activating group) is 1. The predicted molar refractivity (Wildman–Crippen MR) is 96.3 cm³/mol. The second kappa shape index (κ2) is 9.91. The summed E-state index contributed by atoms with van der Waals surface area (Å²) in [7, 11) is 1.41. The van der Waals surface area contributed by atoms with Crippen LogP contribution in [0.25, 0.3) is 0 Å². The van der Waals surface area contributed by atoms with E-state index >= 15 is 0 Å². The summed E-state index contributed by atoms with van der Waals surface area (Å²) in [6, 6.07) is 4.00. The first-order chi connectivity index (χ1) is 12.9. The first-order valence-electron chi connectivity index (χ1n) is 8.06. The van der Waals surface area contributed by atoms with E-state index in [-0.39, 0.29) is 19.2 Å². The maximum Gasteiger partial charge on any atom is 0.511 e. The van der Waals surface area contributed by atoms with Crippen LogP contribution in [0.4, 0.5) is 9.59 Å². The molecule has 0 bridgehead atoms. The molecular weight excluding hydrogens is 378 g/mol. The molecule has 0 radical (unpaired) electrons. The van der Waals surface area contributed by atoms with Crippen LogP contribution in [-0.4, -0.2) is 68.2 Å². The molecule has 1 heterocycles. The molecule has 1 unspecified atom stereocenters. The van der Waals surface area contributed by atoms with Crippen molar-refractivity contribution in [3.63, 3.8) is 0 Å². The quantitative estimate of drug-likeness (QED) is 0.282. The van der Waals surface area contributed by atoms with Gasteiger partial charge in [-0.05, 0) is 31.4 Å². The Morgan fingerprint density at radius 2 is 1.93 bits per heavy atom. The Labute approximate surface area is 160 Å². The van der Waals surface area contributed by atoms with Gasteiger partial charge in [0.15, 0.2) is 17.3 Å². The van der Waals surface area contributed by atoms with Crippen LogP contribution in [0.2, 0.25) is 0 Å². The summed E-state index contributed by atoms with van der Waals surface area (Å²) in [5.74, 6) is 1.38. The molecule has 9 nitrogen and oxygen atoms in total. The van der Waals surface area contributed by atoms with Crippen LogP contribution < -0.4 is 9.47 Å². The maximum absolute atomic E-state index is 12.6. The Hall–Kier alpha value is -2.62. The number of carbonyl (C=O) groups excluding carboxylic acids is 3. The van der Waals surface area contributed by atoms with Gasteiger partial charge in [0.05, 0.1) is 6.04 Å². The molecule has 27 heavy (non-hydrogen) atoms. The molecule has 0 saturated carbocycles. The molecule has 1 aromatic rings. The number of hydrogen-bond acceptors (Lipinski definition) is 9. The zero-order valence-electron chi connectivity index (χ0n) is 15.3. The minimum Gasteiger partial charge on any atom is -0.454 e. The zero-order valence-corrected chi connectivity index (χ0v) is 16.1. The van der Waals surface area contributed by atoms with Gasteiger partial charge in [0.2, 0.25) is 13.6 Å². The van der Waals surface area contributed by atoms with Gasteiger partial charge < -0.3 is 28.6 Å². The molecule has 0 spiro atoms. The van der Waals surface area contributed by atoms with Crippen molar-refractivity contribution in [2.45, 2.75) is 13.0 Å². The van der Waals surface area contributed by atoms with E-state index in [1.165, 1.54) is 18.8 Å². The average Bonchev–Trinajstić information content (AvgIpc) is 3.14. The number of benzene rings is 1. The number of hydrogen-bond donors (Lipinski definition) is 0. The van der Waals surface area contributed by atoms with Crippen LogP contribution >= 0.6 is 11.8 Å². The van der Waals surface area contributed by atoms with E-state index in [1.54, 1.807) is 25.1 Å². The van der Waals surface area contributed by atoms with Crippen LogP contribution in [0.15, 0.2) is 18.2 Å². The van der Waals surface area contributed by atoms with Crippen LogP contribution in [-0.2, 0) is 14.2 Å². The Morgan fingerprint density at radius 1 is 1.19 bits per heavy atom. The summed E-state index contributed by atoms with van der Waals surface area (Å²) >= 11 is 1.52. The molecule has 0 N–H and O–H groups in total. The molecule has 10 heteroatoms. The molecule has 1 atom stereocenters. The van der Waals surface area contributed by atoms with Gasteiger partial charge in [-0.1, -0.05) is 0 Å². The monoisotopic (exact) mass is 399 g/mol. The van der Waals surface area contributed by atoms with E-state index in [0.29, 0.717) is 22.8 Å². The number of carbonyl (C=O) groups is 3. The van der Waals surface area contributed by atoms with Gasteiger partial charge in [0.1, 0.15) is 6.61 Å². The number of ketones is 1. The van der Waals surface area contributed by atoms with Gasteiger partial charge in [-0.25, -0.2) is 9.59 Å². The average molecular weight is 399 g/mol. The van der Waals surface area contributed by atoms with E-state index in [2.05, 4.69) is 4.74 Å². The van der Waals surface area contributed by atoms with Crippen molar-refractivity contribution < 1.29 is 38.1 Å². The largest absolute Gasteiger partial charge is 0.511 e. The first kappa shape index (κ1) is 20.7. The molecule has 0 aliphatic carbocycles. The molecule has 1 aliphatic heterocycles. The van der Waals surface area contributed by atoms with Crippen LogP contribution in [0, 0.1) is 0 Å². The SMILES string of the molecule is CSCCOC(=O)OCOC(=O)N(C)C(C)C(=O)c1ccc2c(c1)OCO2.